The van der Waals surface area contributed by atoms with E-state index in [0.717, 1.165) is 13.1 Å². The van der Waals surface area contributed by atoms with E-state index < -0.39 is 5.92 Å². The van der Waals surface area contributed by atoms with Crippen molar-refractivity contribution >= 4 is 5.82 Å². The molecule has 0 saturated carbocycles. The van der Waals surface area contributed by atoms with Gasteiger partial charge in [-0.3, -0.25) is 0 Å². The molecular formula is C7H8F2N2. The van der Waals surface area contributed by atoms with Crippen molar-refractivity contribution in [3.63, 3.8) is 0 Å². The van der Waals surface area contributed by atoms with Crippen LogP contribution in [0.25, 0.3) is 0 Å². The maximum absolute atomic E-state index is 12.5. The fourth-order valence-electron chi connectivity index (χ4n) is 0.665. The van der Waals surface area contributed by atoms with Gasteiger partial charge in [0.25, 0.3) is 5.92 Å². The third-order valence-corrected chi connectivity index (χ3v) is 1.29. The monoisotopic (exact) mass is 158 g/mol. The SMILES string of the molecule is CC(F)(F)c1ccc(N)nc1. The Labute approximate surface area is 63.1 Å². The van der Waals surface area contributed by atoms with Crippen LogP contribution in [-0.2, 0) is 5.92 Å². The molecule has 60 valence electrons. The lowest BCUT2D eigenvalue weighted by Crippen LogP contribution is -2.07. The highest BCUT2D eigenvalue weighted by molar-refractivity contribution is 5.30. The third-order valence-electron chi connectivity index (χ3n) is 1.29. The van der Waals surface area contributed by atoms with Crippen molar-refractivity contribution in [3.8, 4) is 0 Å². The second-order valence-corrected chi connectivity index (χ2v) is 2.36. The number of hydrogen-bond donors (Lipinski definition) is 1. The van der Waals surface area contributed by atoms with Gasteiger partial charge < -0.3 is 5.73 Å². The molecule has 0 aliphatic heterocycles. The van der Waals surface area contributed by atoms with Crippen LogP contribution in [0.15, 0.2) is 18.3 Å². The minimum Gasteiger partial charge on any atom is -0.384 e. The molecule has 0 fully saturated rings. The molecule has 4 heteroatoms. The molecule has 2 nitrogen and oxygen atoms in total. The summed E-state index contributed by atoms with van der Waals surface area (Å²) in [5.74, 6) is -2.58. The number of pyridine rings is 1. The Balaban J connectivity index is 2.99. The van der Waals surface area contributed by atoms with Gasteiger partial charge in [0.2, 0.25) is 0 Å². The van der Waals surface area contributed by atoms with Gasteiger partial charge >= 0.3 is 0 Å². The molecule has 11 heavy (non-hydrogen) atoms. The fourth-order valence-corrected chi connectivity index (χ4v) is 0.665. The van der Waals surface area contributed by atoms with Gasteiger partial charge in [-0.15, -0.1) is 0 Å². The van der Waals surface area contributed by atoms with Crippen LogP contribution in [0.5, 0.6) is 0 Å². The summed E-state index contributed by atoms with van der Waals surface area (Å²) >= 11 is 0. The molecule has 0 aliphatic carbocycles. The molecule has 0 saturated heterocycles. The van der Waals surface area contributed by atoms with Crippen LogP contribution >= 0.6 is 0 Å². The van der Waals surface area contributed by atoms with Crippen molar-refractivity contribution in [3.05, 3.63) is 23.9 Å². The smallest absolute Gasteiger partial charge is 0.272 e. The average molecular weight is 158 g/mol. The molecule has 1 aromatic heterocycles. The Morgan fingerprint density at radius 2 is 2.09 bits per heavy atom. The van der Waals surface area contributed by atoms with Crippen molar-refractivity contribution in [2.75, 3.05) is 5.73 Å². The van der Waals surface area contributed by atoms with Crippen LogP contribution < -0.4 is 5.73 Å². The number of hydrogen-bond acceptors (Lipinski definition) is 2. The second kappa shape index (κ2) is 2.45. The van der Waals surface area contributed by atoms with E-state index >= 15 is 0 Å². The van der Waals surface area contributed by atoms with Gasteiger partial charge in [-0.05, 0) is 12.1 Å². The number of aromatic nitrogens is 1. The summed E-state index contributed by atoms with van der Waals surface area (Å²) in [6.07, 6.45) is 1.08. The van der Waals surface area contributed by atoms with E-state index in [1.165, 1.54) is 12.1 Å². The largest absolute Gasteiger partial charge is 0.384 e. The van der Waals surface area contributed by atoms with Gasteiger partial charge in [-0.1, -0.05) is 0 Å². The molecule has 0 radical (unpaired) electrons. The summed E-state index contributed by atoms with van der Waals surface area (Å²) in [4.78, 5) is 3.54. The van der Waals surface area contributed by atoms with Crippen molar-refractivity contribution in [1.29, 1.82) is 0 Å². The molecule has 2 N–H and O–H groups in total. The van der Waals surface area contributed by atoms with Crippen molar-refractivity contribution in [2.24, 2.45) is 0 Å². The average Bonchev–Trinajstić information content (AvgIpc) is 1.86. The van der Waals surface area contributed by atoms with Gasteiger partial charge in [0.05, 0.1) is 0 Å². The van der Waals surface area contributed by atoms with Gasteiger partial charge in [-0.2, -0.15) is 0 Å². The topological polar surface area (TPSA) is 38.9 Å². The zero-order chi connectivity index (χ0) is 8.48. The van der Waals surface area contributed by atoms with E-state index in [2.05, 4.69) is 4.98 Å². The molecule has 0 aliphatic rings. The first kappa shape index (κ1) is 7.91. The van der Waals surface area contributed by atoms with E-state index in [9.17, 15) is 8.78 Å². The Hall–Kier alpha value is -1.19. The fraction of sp³-hybridized carbons (Fsp3) is 0.286. The summed E-state index contributed by atoms with van der Waals surface area (Å²) < 4.78 is 25.0. The van der Waals surface area contributed by atoms with Crippen LogP contribution in [0, 0.1) is 0 Å². The summed E-state index contributed by atoms with van der Waals surface area (Å²) in [6, 6.07) is 2.62. The standard InChI is InChI=1S/C7H8F2N2/c1-7(8,9)5-2-3-6(10)11-4-5/h2-4H,1H3,(H2,10,11). The third kappa shape index (κ3) is 1.86. The van der Waals surface area contributed by atoms with E-state index in [0.29, 0.717) is 0 Å². The second-order valence-electron chi connectivity index (χ2n) is 2.36. The number of anilines is 1. The number of nitrogens with zero attached hydrogens (tertiary/aromatic N) is 1. The van der Waals surface area contributed by atoms with E-state index in [1.807, 2.05) is 0 Å². The Bertz CT molecular complexity index is 238. The summed E-state index contributed by atoms with van der Waals surface area (Å²) in [5.41, 5.74) is 5.10. The molecule has 1 heterocycles. The highest BCUT2D eigenvalue weighted by Crippen LogP contribution is 2.25. The van der Waals surface area contributed by atoms with Crippen LogP contribution in [0.1, 0.15) is 12.5 Å². The van der Waals surface area contributed by atoms with Crippen molar-refractivity contribution in [1.82, 2.24) is 4.98 Å². The van der Waals surface area contributed by atoms with Crippen LogP contribution in [0.2, 0.25) is 0 Å². The van der Waals surface area contributed by atoms with Crippen LogP contribution in [0.3, 0.4) is 0 Å². The van der Waals surface area contributed by atoms with Gasteiger partial charge in [0.1, 0.15) is 5.82 Å². The Morgan fingerprint density at radius 3 is 2.45 bits per heavy atom. The number of nitrogen functional groups attached to an aromatic ring is 1. The molecule has 0 bridgehead atoms. The van der Waals surface area contributed by atoms with Crippen molar-refractivity contribution in [2.45, 2.75) is 12.8 Å². The summed E-state index contributed by atoms with van der Waals surface area (Å²) in [6.45, 7) is 0.820. The molecule has 0 aromatic carbocycles. The summed E-state index contributed by atoms with van der Waals surface area (Å²) in [7, 11) is 0. The molecule has 1 aromatic rings. The van der Waals surface area contributed by atoms with Crippen LogP contribution in [0.4, 0.5) is 14.6 Å². The van der Waals surface area contributed by atoms with Gasteiger partial charge in [0.15, 0.2) is 0 Å². The zero-order valence-electron chi connectivity index (χ0n) is 6.01. The molecule has 0 amide bonds. The normalized spacial score (nSPS) is 11.5. The first-order chi connectivity index (χ1) is 5.00. The zero-order valence-corrected chi connectivity index (χ0v) is 6.01. The maximum Gasteiger partial charge on any atom is 0.272 e. The molecular weight excluding hydrogens is 150 g/mol. The lowest BCUT2D eigenvalue weighted by atomic mass is 10.2. The highest BCUT2D eigenvalue weighted by atomic mass is 19.3. The van der Waals surface area contributed by atoms with Gasteiger partial charge in [0, 0.05) is 18.7 Å². The minimum absolute atomic E-state index is 0.119. The lowest BCUT2D eigenvalue weighted by Gasteiger charge is -2.08. The van der Waals surface area contributed by atoms with Gasteiger partial charge in [-0.25, -0.2) is 13.8 Å². The van der Waals surface area contributed by atoms with E-state index in [1.54, 1.807) is 0 Å². The number of alkyl halides is 2. The molecule has 0 atom stereocenters. The lowest BCUT2D eigenvalue weighted by molar-refractivity contribution is 0.0171. The highest BCUT2D eigenvalue weighted by Gasteiger charge is 2.23. The van der Waals surface area contributed by atoms with Crippen LogP contribution in [-0.4, -0.2) is 4.98 Å². The number of nitrogens with two attached hydrogens (primary N) is 1. The minimum atomic E-state index is -2.83. The number of halogens is 2. The Kier molecular flexibility index (Phi) is 1.76. The number of rotatable bonds is 1. The quantitative estimate of drug-likeness (QED) is 0.676. The predicted molar refractivity (Wildman–Crippen MR) is 38.2 cm³/mol. The first-order valence-corrected chi connectivity index (χ1v) is 3.10. The van der Waals surface area contributed by atoms with E-state index in [4.69, 9.17) is 5.73 Å². The van der Waals surface area contributed by atoms with Crippen molar-refractivity contribution < 1.29 is 8.78 Å². The molecule has 0 spiro atoms. The summed E-state index contributed by atoms with van der Waals surface area (Å²) in [5, 5.41) is 0. The first-order valence-electron chi connectivity index (χ1n) is 3.10. The molecule has 1 rings (SSSR count). The van der Waals surface area contributed by atoms with E-state index in [-0.39, 0.29) is 11.4 Å². The molecule has 0 unspecified atom stereocenters. The maximum atomic E-state index is 12.5. The predicted octanol–water partition coefficient (Wildman–Crippen LogP) is 1.78. The Morgan fingerprint density at radius 1 is 1.45 bits per heavy atom.